The molecule has 3 heteroatoms. The van der Waals surface area contributed by atoms with E-state index in [0.29, 0.717) is 12.0 Å². The lowest BCUT2D eigenvalue weighted by Gasteiger charge is -2.44. The second-order valence-electron chi connectivity index (χ2n) is 6.53. The van der Waals surface area contributed by atoms with Crippen LogP contribution in [0.3, 0.4) is 0 Å². The fourth-order valence-corrected chi connectivity index (χ4v) is 3.96. The number of fused-ring (bicyclic) bond motifs is 1. The number of nitrogens with zero attached hydrogens (tertiary/aromatic N) is 1. The van der Waals surface area contributed by atoms with Gasteiger partial charge in [0.2, 0.25) is 0 Å². The summed E-state index contributed by atoms with van der Waals surface area (Å²) in [6.45, 7) is 5.34. The minimum atomic E-state index is 0.0843. The molecule has 1 amide bonds. The summed E-state index contributed by atoms with van der Waals surface area (Å²) in [7, 11) is 0. The van der Waals surface area contributed by atoms with E-state index < -0.39 is 0 Å². The summed E-state index contributed by atoms with van der Waals surface area (Å²) >= 11 is 0. The Labute approximate surface area is 127 Å². The second kappa shape index (κ2) is 6.61. The van der Waals surface area contributed by atoms with Crippen molar-refractivity contribution in [3.8, 4) is 0 Å². The maximum absolute atomic E-state index is 12.3. The molecule has 2 atom stereocenters. The molecule has 3 nitrogen and oxygen atoms in total. The third-order valence-corrected chi connectivity index (χ3v) is 5.14. The van der Waals surface area contributed by atoms with Crippen molar-refractivity contribution in [1.82, 2.24) is 10.2 Å². The van der Waals surface area contributed by atoms with Crippen LogP contribution in [0.4, 0.5) is 0 Å². The van der Waals surface area contributed by atoms with Gasteiger partial charge in [-0.3, -0.25) is 4.79 Å². The first kappa shape index (κ1) is 14.6. The molecule has 0 unspecified atom stereocenters. The quantitative estimate of drug-likeness (QED) is 0.926. The molecule has 2 heterocycles. The topological polar surface area (TPSA) is 32.3 Å². The van der Waals surface area contributed by atoms with E-state index in [2.05, 4.69) is 10.2 Å². The van der Waals surface area contributed by atoms with E-state index in [-0.39, 0.29) is 5.91 Å². The summed E-state index contributed by atoms with van der Waals surface area (Å²) in [6.07, 6.45) is 6.55. The van der Waals surface area contributed by atoms with Gasteiger partial charge in [0.1, 0.15) is 0 Å². The Kier molecular flexibility index (Phi) is 4.59. The molecule has 2 aliphatic heterocycles. The van der Waals surface area contributed by atoms with Crippen molar-refractivity contribution in [2.45, 2.75) is 45.1 Å². The highest BCUT2D eigenvalue weighted by molar-refractivity contribution is 5.95. The Hall–Kier alpha value is -1.35. The normalized spacial score (nSPS) is 26.1. The summed E-state index contributed by atoms with van der Waals surface area (Å²) in [4.78, 5) is 15.0. The molecule has 0 radical (unpaired) electrons. The van der Waals surface area contributed by atoms with Gasteiger partial charge in [-0.2, -0.15) is 0 Å². The van der Waals surface area contributed by atoms with Crippen LogP contribution in [0.5, 0.6) is 0 Å². The molecular weight excluding hydrogens is 260 g/mol. The number of rotatable bonds is 3. The monoisotopic (exact) mass is 286 g/mol. The highest BCUT2D eigenvalue weighted by Gasteiger charge is 2.32. The number of piperidine rings is 2. The van der Waals surface area contributed by atoms with Crippen molar-refractivity contribution in [1.29, 1.82) is 0 Å². The molecule has 1 aromatic rings. The minimum Gasteiger partial charge on any atom is -0.352 e. The molecule has 2 saturated heterocycles. The van der Waals surface area contributed by atoms with Gasteiger partial charge in [-0.05, 0) is 63.2 Å². The van der Waals surface area contributed by atoms with E-state index in [1.807, 2.05) is 31.2 Å². The maximum Gasteiger partial charge on any atom is 0.251 e. The SMILES string of the molecule is Cc1ccccc1C(=O)NC[C@H]1CCCN2CCCC[C@@H]12. The van der Waals surface area contributed by atoms with Gasteiger partial charge in [-0.1, -0.05) is 24.6 Å². The molecule has 0 spiro atoms. The lowest BCUT2D eigenvalue weighted by molar-refractivity contribution is 0.0575. The van der Waals surface area contributed by atoms with Crippen LogP contribution in [-0.4, -0.2) is 36.5 Å². The maximum atomic E-state index is 12.3. The molecule has 0 aromatic heterocycles. The molecule has 2 aliphatic rings. The van der Waals surface area contributed by atoms with Crippen LogP contribution in [0, 0.1) is 12.8 Å². The van der Waals surface area contributed by atoms with Crippen LogP contribution in [0.15, 0.2) is 24.3 Å². The highest BCUT2D eigenvalue weighted by atomic mass is 16.1. The first-order valence-electron chi connectivity index (χ1n) is 8.33. The Morgan fingerprint density at radius 3 is 2.86 bits per heavy atom. The Bertz CT molecular complexity index is 498. The van der Waals surface area contributed by atoms with Crippen LogP contribution >= 0.6 is 0 Å². The van der Waals surface area contributed by atoms with Gasteiger partial charge in [-0.25, -0.2) is 0 Å². The zero-order chi connectivity index (χ0) is 14.7. The third-order valence-electron chi connectivity index (χ3n) is 5.14. The first-order valence-corrected chi connectivity index (χ1v) is 8.33. The van der Waals surface area contributed by atoms with Crippen LogP contribution in [0.25, 0.3) is 0 Å². The van der Waals surface area contributed by atoms with Gasteiger partial charge in [0.15, 0.2) is 0 Å². The third kappa shape index (κ3) is 3.29. The van der Waals surface area contributed by atoms with Crippen molar-refractivity contribution < 1.29 is 4.79 Å². The summed E-state index contributed by atoms with van der Waals surface area (Å²) in [5.41, 5.74) is 1.87. The first-order chi connectivity index (χ1) is 10.3. The van der Waals surface area contributed by atoms with Crippen molar-refractivity contribution in [2.75, 3.05) is 19.6 Å². The molecular formula is C18H26N2O. The van der Waals surface area contributed by atoms with Crippen LogP contribution in [0.2, 0.25) is 0 Å². The molecule has 3 rings (SSSR count). The van der Waals surface area contributed by atoms with Crippen molar-refractivity contribution in [3.05, 3.63) is 35.4 Å². The van der Waals surface area contributed by atoms with Crippen molar-refractivity contribution in [2.24, 2.45) is 5.92 Å². The summed E-state index contributed by atoms with van der Waals surface area (Å²) in [5, 5.41) is 3.18. The predicted molar refractivity (Wildman–Crippen MR) is 85.4 cm³/mol. The number of carbonyl (C=O) groups excluding carboxylic acids is 1. The second-order valence-corrected chi connectivity index (χ2v) is 6.53. The van der Waals surface area contributed by atoms with Gasteiger partial charge in [0, 0.05) is 18.2 Å². The van der Waals surface area contributed by atoms with Gasteiger partial charge < -0.3 is 10.2 Å². The zero-order valence-electron chi connectivity index (χ0n) is 13.0. The molecule has 21 heavy (non-hydrogen) atoms. The van der Waals surface area contributed by atoms with Crippen LogP contribution < -0.4 is 5.32 Å². The highest BCUT2D eigenvalue weighted by Crippen LogP contribution is 2.30. The number of hydrogen-bond acceptors (Lipinski definition) is 2. The Balaban J connectivity index is 1.59. The van der Waals surface area contributed by atoms with E-state index in [9.17, 15) is 4.79 Å². The van der Waals surface area contributed by atoms with E-state index in [4.69, 9.17) is 0 Å². The number of hydrogen-bond donors (Lipinski definition) is 1. The Morgan fingerprint density at radius 1 is 1.19 bits per heavy atom. The zero-order valence-corrected chi connectivity index (χ0v) is 13.0. The van der Waals surface area contributed by atoms with Gasteiger partial charge >= 0.3 is 0 Å². The summed E-state index contributed by atoms with van der Waals surface area (Å²) in [5.74, 6) is 0.716. The number of aryl methyl sites for hydroxylation is 1. The number of benzene rings is 1. The lowest BCUT2D eigenvalue weighted by Crippen LogP contribution is -2.51. The largest absolute Gasteiger partial charge is 0.352 e. The predicted octanol–water partition coefficient (Wildman–Crippen LogP) is 2.99. The van der Waals surface area contributed by atoms with E-state index >= 15 is 0 Å². The fourth-order valence-electron chi connectivity index (χ4n) is 3.96. The molecule has 2 fully saturated rings. The number of nitrogens with one attached hydrogen (secondary N) is 1. The molecule has 1 N–H and O–H groups in total. The molecule has 0 aliphatic carbocycles. The lowest BCUT2D eigenvalue weighted by atomic mass is 9.83. The van der Waals surface area contributed by atoms with E-state index in [1.54, 1.807) is 0 Å². The van der Waals surface area contributed by atoms with E-state index in [0.717, 1.165) is 17.7 Å². The van der Waals surface area contributed by atoms with E-state index in [1.165, 1.54) is 45.2 Å². The van der Waals surface area contributed by atoms with Gasteiger partial charge in [0.25, 0.3) is 5.91 Å². The number of amides is 1. The average Bonchev–Trinajstić information content (AvgIpc) is 2.53. The average molecular weight is 286 g/mol. The minimum absolute atomic E-state index is 0.0843. The number of carbonyl (C=O) groups is 1. The van der Waals surface area contributed by atoms with Crippen molar-refractivity contribution in [3.63, 3.8) is 0 Å². The van der Waals surface area contributed by atoms with Crippen molar-refractivity contribution >= 4 is 5.91 Å². The molecule has 0 bridgehead atoms. The smallest absolute Gasteiger partial charge is 0.251 e. The molecule has 114 valence electrons. The Morgan fingerprint density at radius 2 is 2.00 bits per heavy atom. The molecule has 1 aromatic carbocycles. The van der Waals surface area contributed by atoms with Crippen LogP contribution in [-0.2, 0) is 0 Å². The standard InChI is InChI=1S/C18H26N2O/c1-14-7-2-3-9-16(14)18(21)19-13-15-8-6-12-20-11-5-4-10-17(15)20/h2-3,7,9,15,17H,4-6,8,10-13H2,1H3,(H,19,21)/t15-,17+/m1/s1. The van der Waals surface area contributed by atoms with Gasteiger partial charge in [0.05, 0.1) is 0 Å². The van der Waals surface area contributed by atoms with Crippen LogP contribution in [0.1, 0.15) is 48.0 Å². The summed E-state index contributed by atoms with van der Waals surface area (Å²) < 4.78 is 0. The summed E-state index contributed by atoms with van der Waals surface area (Å²) in [6, 6.07) is 8.53. The fraction of sp³-hybridized carbons (Fsp3) is 0.611. The van der Waals surface area contributed by atoms with Gasteiger partial charge in [-0.15, -0.1) is 0 Å². The molecule has 0 saturated carbocycles.